The molecule has 0 unspecified atom stereocenters. The smallest absolute Gasteiger partial charge is 0.244 e. The van der Waals surface area contributed by atoms with Crippen LogP contribution in [0.4, 0.5) is 17.1 Å². The molecule has 134 valence electrons. The number of rotatable bonds is 5. The number of fused-ring (bicyclic) bond motifs is 1. The van der Waals surface area contributed by atoms with Gasteiger partial charge in [0.25, 0.3) is 0 Å². The van der Waals surface area contributed by atoms with Crippen molar-refractivity contribution in [1.29, 1.82) is 0 Å². The van der Waals surface area contributed by atoms with Crippen molar-refractivity contribution >= 4 is 46.5 Å². The topological polar surface area (TPSA) is 78.5 Å². The predicted octanol–water partition coefficient (Wildman–Crippen LogP) is 3.11. The van der Waals surface area contributed by atoms with E-state index < -0.39 is 0 Å². The molecule has 3 rings (SSSR count). The van der Waals surface area contributed by atoms with E-state index >= 15 is 0 Å². The Labute approximate surface area is 156 Å². The molecule has 6 nitrogen and oxygen atoms in total. The predicted molar refractivity (Wildman–Crippen MR) is 104 cm³/mol. The molecule has 0 aromatic heterocycles. The van der Waals surface area contributed by atoms with Crippen LogP contribution in [0, 0.1) is 0 Å². The Morgan fingerprint density at radius 3 is 2.27 bits per heavy atom. The molecule has 0 spiro atoms. The number of carbonyl (C=O) groups excluding carboxylic acids is 3. The third-order valence-electron chi connectivity index (χ3n) is 3.88. The molecule has 0 atom stereocenters. The van der Waals surface area contributed by atoms with Crippen molar-refractivity contribution in [1.82, 2.24) is 0 Å². The summed E-state index contributed by atoms with van der Waals surface area (Å²) in [6, 6.07) is 14.4. The molecule has 2 aromatic carbocycles. The molecule has 0 saturated carbocycles. The van der Waals surface area contributed by atoms with Crippen LogP contribution in [0.25, 0.3) is 0 Å². The SMILES string of the molecule is CCC(=O)Nc1ccc(NC(=O)CN2C(=O)CSc3ccccc32)cc1. The van der Waals surface area contributed by atoms with Gasteiger partial charge in [0.05, 0.1) is 11.4 Å². The van der Waals surface area contributed by atoms with E-state index in [9.17, 15) is 14.4 Å². The van der Waals surface area contributed by atoms with Gasteiger partial charge in [-0.15, -0.1) is 11.8 Å². The maximum Gasteiger partial charge on any atom is 0.244 e. The van der Waals surface area contributed by atoms with E-state index in [1.165, 1.54) is 16.7 Å². The Balaban J connectivity index is 1.64. The highest BCUT2D eigenvalue weighted by atomic mass is 32.2. The second kappa shape index (κ2) is 8.05. The quantitative estimate of drug-likeness (QED) is 0.849. The van der Waals surface area contributed by atoms with Crippen LogP contribution >= 0.6 is 11.8 Å². The summed E-state index contributed by atoms with van der Waals surface area (Å²) >= 11 is 1.48. The van der Waals surface area contributed by atoms with Crippen LogP contribution in [-0.4, -0.2) is 30.0 Å². The number of hydrogen-bond donors (Lipinski definition) is 2. The van der Waals surface area contributed by atoms with Gasteiger partial charge < -0.3 is 15.5 Å². The molecule has 0 fully saturated rings. The Hall–Kier alpha value is -2.80. The molecule has 2 aromatic rings. The van der Waals surface area contributed by atoms with Gasteiger partial charge in [-0.3, -0.25) is 14.4 Å². The van der Waals surface area contributed by atoms with Gasteiger partial charge >= 0.3 is 0 Å². The fourth-order valence-corrected chi connectivity index (χ4v) is 3.49. The van der Waals surface area contributed by atoms with Gasteiger partial charge in [-0.05, 0) is 36.4 Å². The highest BCUT2D eigenvalue weighted by Crippen LogP contribution is 2.34. The molecule has 26 heavy (non-hydrogen) atoms. The van der Waals surface area contributed by atoms with Crippen molar-refractivity contribution in [3.8, 4) is 0 Å². The first-order chi connectivity index (χ1) is 12.6. The van der Waals surface area contributed by atoms with Crippen LogP contribution in [0.15, 0.2) is 53.4 Å². The molecule has 7 heteroatoms. The molecule has 2 N–H and O–H groups in total. The Bertz CT molecular complexity index is 836. The van der Waals surface area contributed by atoms with Crippen LogP contribution < -0.4 is 15.5 Å². The van der Waals surface area contributed by atoms with E-state index in [0.29, 0.717) is 23.5 Å². The summed E-state index contributed by atoms with van der Waals surface area (Å²) in [6.45, 7) is 1.74. The van der Waals surface area contributed by atoms with Gasteiger partial charge in [-0.25, -0.2) is 0 Å². The van der Waals surface area contributed by atoms with E-state index in [1.807, 2.05) is 24.3 Å². The van der Waals surface area contributed by atoms with E-state index in [2.05, 4.69) is 10.6 Å². The molecule has 3 amide bonds. The van der Waals surface area contributed by atoms with E-state index in [0.717, 1.165) is 10.6 Å². The lowest BCUT2D eigenvalue weighted by Gasteiger charge is -2.28. The summed E-state index contributed by atoms with van der Waals surface area (Å²) in [7, 11) is 0. The van der Waals surface area contributed by atoms with Gasteiger partial charge in [0.15, 0.2) is 0 Å². The second-order valence-electron chi connectivity index (χ2n) is 5.76. The number of para-hydroxylation sites is 1. The molecular weight excluding hydrogens is 350 g/mol. The van der Waals surface area contributed by atoms with E-state index in [4.69, 9.17) is 0 Å². The molecule has 0 radical (unpaired) electrons. The number of anilines is 3. The summed E-state index contributed by atoms with van der Waals surface area (Å²) in [5.74, 6) is -0.0929. The number of thioether (sulfide) groups is 1. The molecule has 0 saturated heterocycles. The maximum atomic E-state index is 12.4. The van der Waals surface area contributed by atoms with Crippen LogP contribution in [0.3, 0.4) is 0 Å². The minimum atomic E-state index is -0.273. The van der Waals surface area contributed by atoms with Crippen molar-refractivity contribution in [2.24, 2.45) is 0 Å². The van der Waals surface area contributed by atoms with Crippen molar-refractivity contribution < 1.29 is 14.4 Å². The summed E-state index contributed by atoms with van der Waals surface area (Å²) in [5, 5.41) is 5.53. The minimum absolute atomic E-state index is 0.0370. The standard InChI is InChI=1S/C19H19N3O3S/c1-2-17(23)20-13-7-9-14(10-8-13)21-18(24)11-22-15-5-3-4-6-16(15)26-12-19(22)25/h3-10H,2,11-12H2,1H3,(H,20,23)(H,21,24). The minimum Gasteiger partial charge on any atom is -0.326 e. The zero-order valence-electron chi connectivity index (χ0n) is 14.3. The van der Waals surface area contributed by atoms with Crippen LogP contribution in [0.5, 0.6) is 0 Å². The first-order valence-electron chi connectivity index (χ1n) is 8.29. The summed E-state index contributed by atoms with van der Waals surface area (Å²) < 4.78 is 0. The molecule has 0 bridgehead atoms. The normalized spacial score (nSPS) is 13.1. The van der Waals surface area contributed by atoms with E-state index in [-0.39, 0.29) is 24.3 Å². The molecule has 1 aliphatic heterocycles. The van der Waals surface area contributed by atoms with Crippen molar-refractivity contribution in [3.05, 3.63) is 48.5 Å². The average Bonchev–Trinajstić information content (AvgIpc) is 2.65. The molecular formula is C19H19N3O3S. The van der Waals surface area contributed by atoms with Gasteiger partial charge in [0, 0.05) is 22.7 Å². The number of carbonyl (C=O) groups is 3. The lowest BCUT2D eigenvalue weighted by Crippen LogP contribution is -2.41. The Morgan fingerprint density at radius 1 is 1.00 bits per heavy atom. The lowest BCUT2D eigenvalue weighted by molar-refractivity contribution is -0.120. The molecule has 0 aliphatic carbocycles. The van der Waals surface area contributed by atoms with Crippen molar-refractivity contribution in [2.75, 3.05) is 27.8 Å². The summed E-state index contributed by atoms with van der Waals surface area (Å²) in [4.78, 5) is 38.5. The van der Waals surface area contributed by atoms with Crippen LogP contribution in [-0.2, 0) is 14.4 Å². The van der Waals surface area contributed by atoms with Crippen LogP contribution in [0.2, 0.25) is 0 Å². The van der Waals surface area contributed by atoms with Gasteiger partial charge in [0.1, 0.15) is 6.54 Å². The Kier molecular flexibility index (Phi) is 5.58. The number of nitrogens with one attached hydrogen (secondary N) is 2. The number of benzene rings is 2. The van der Waals surface area contributed by atoms with Crippen molar-refractivity contribution in [3.63, 3.8) is 0 Å². The lowest BCUT2D eigenvalue weighted by atomic mass is 10.2. The first kappa shape index (κ1) is 18.0. The molecule has 1 aliphatic rings. The average molecular weight is 369 g/mol. The fraction of sp³-hybridized carbons (Fsp3) is 0.211. The summed E-state index contributed by atoms with van der Waals surface area (Å²) in [6.07, 6.45) is 0.405. The van der Waals surface area contributed by atoms with Crippen molar-refractivity contribution in [2.45, 2.75) is 18.2 Å². The number of nitrogens with zero attached hydrogens (tertiary/aromatic N) is 1. The van der Waals surface area contributed by atoms with Gasteiger partial charge in [-0.2, -0.15) is 0 Å². The highest BCUT2D eigenvalue weighted by Gasteiger charge is 2.26. The zero-order valence-corrected chi connectivity index (χ0v) is 15.1. The second-order valence-corrected chi connectivity index (χ2v) is 6.78. The van der Waals surface area contributed by atoms with Gasteiger partial charge in [-0.1, -0.05) is 19.1 Å². The monoisotopic (exact) mass is 369 g/mol. The zero-order chi connectivity index (χ0) is 18.5. The number of amides is 3. The third-order valence-corrected chi connectivity index (χ3v) is 4.93. The number of hydrogen-bond acceptors (Lipinski definition) is 4. The Morgan fingerprint density at radius 2 is 1.62 bits per heavy atom. The van der Waals surface area contributed by atoms with Gasteiger partial charge in [0.2, 0.25) is 17.7 Å². The fourth-order valence-electron chi connectivity index (χ4n) is 2.56. The highest BCUT2D eigenvalue weighted by molar-refractivity contribution is 8.00. The summed E-state index contributed by atoms with van der Waals surface area (Å²) in [5.41, 5.74) is 2.05. The maximum absolute atomic E-state index is 12.4. The third kappa shape index (κ3) is 4.23. The largest absolute Gasteiger partial charge is 0.326 e. The van der Waals surface area contributed by atoms with E-state index in [1.54, 1.807) is 31.2 Å². The first-order valence-corrected chi connectivity index (χ1v) is 9.27. The molecule has 1 heterocycles. The van der Waals surface area contributed by atoms with Crippen LogP contribution in [0.1, 0.15) is 13.3 Å².